The molecule has 3 aromatic carbocycles. The molecule has 1 N–H and O–H groups in total. The summed E-state index contributed by atoms with van der Waals surface area (Å²) in [6.07, 6.45) is 1.79. The fourth-order valence-electron chi connectivity index (χ4n) is 2.90. The van der Waals surface area contributed by atoms with E-state index in [9.17, 15) is 4.79 Å². The van der Waals surface area contributed by atoms with Crippen molar-refractivity contribution in [1.29, 1.82) is 0 Å². The van der Waals surface area contributed by atoms with Gasteiger partial charge in [0.05, 0.1) is 6.04 Å². The molecule has 0 fully saturated rings. The Labute approximate surface area is 149 Å². The zero-order valence-electron chi connectivity index (χ0n) is 14.5. The Kier molecular flexibility index (Phi) is 5.63. The number of amides is 1. The maximum Gasteiger partial charge on any atom is 0.251 e. The third-order valence-electron chi connectivity index (χ3n) is 4.39. The average molecular weight is 329 g/mol. The highest BCUT2D eigenvalue weighted by Crippen LogP contribution is 2.20. The number of benzene rings is 3. The van der Waals surface area contributed by atoms with Gasteiger partial charge in [-0.05, 0) is 43.0 Å². The van der Waals surface area contributed by atoms with Gasteiger partial charge in [-0.25, -0.2) is 0 Å². The first-order valence-corrected chi connectivity index (χ1v) is 8.69. The highest BCUT2D eigenvalue weighted by molar-refractivity contribution is 5.94. The van der Waals surface area contributed by atoms with Crippen molar-refractivity contribution in [2.75, 3.05) is 0 Å². The Morgan fingerprint density at radius 2 is 1.44 bits per heavy atom. The quantitative estimate of drug-likeness (QED) is 0.670. The van der Waals surface area contributed by atoms with Gasteiger partial charge < -0.3 is 5.32 Å². The van der Waals surface area contributed by atoms with Crippen LogP contribution in [0.1, 0.15) is 39.5 Å². The highest BCUT2D eigenvalue weighted by Gasteiger charge is 2.15. The number of carbonyl (C=O) groups excluding carboxylic acids is 1. The molecule has 25 heavy (non-hydrogen) atoms. The lowest BCUT2D eigenvalue weighted by molar-refractivity contribution is 0.0934. The lowest BCUT2D eigenvalue weighted by Crippen LogP contribution is -2.28. The van der Waals surface area contributed by atoms with Gasteiger partial charge >= 0.3 is 0 Å². The third kappa shape index (κ3) is 4.80. The Morgan fingerprint density at radius 1 is 0.840 bits per heavy atom. The summed E-state index contributed by atoms with van der Waals surface area (Å²) in [7, 11) is 0. The summed E-state index contributed by atoms with van der Waals surface area (Å²) in [5, 5.41) is 3.19. The second-order valence-corrected chi connectivity index (χ2v) is 6.33. The Hall–Kier alpha value is -2.87. The fourth-order valence-corrected chi connectivity index (χ4v) is 2.90. The minimum absolute atomic E-state index is 0.00444. The molecule has 0 heterocycles. The molecule has 2 heteroatoms. The number of rotatable bonds is 6. The Morgan fingerprint density at radius 3 is 2.08 bits per heavy atom. The molecule has 1 amide bonds. The van der Waals surface area contributed by atoms with Crippen LogP contribution >= 0.6 is 0 Å². The molecule has 2 nitrogen and oxygen atoms in total. The smallest absolute Gasteiger partial charge is 0.251 e. The predicted molar refractivity (Wildman–Crippen MR) is 103 cm³/mol. The molecule has 126 valence electrons. The molecule has 0 saturated carbocycles. The van der Waals surface area contributed by atoms with Crippen LogP contribution in [0.4, 0.5) is 0 Å². The summed E-state index contributed by atoms with van der Waals surface area (Å²) >= 11 is 0. The van der Waals surface area contributed by atoms with E-state index in [4.69, 9.17) is 0 Å². The van der Waals surface area contributed by atoms with Crippen LogP contribution in [-0.4, -0.2) is 5.91 Å². The fraction of sp³-hybridized carbons (Fsp3) is 0.174. The first-order valence-electron chi connectivity index (χ1n) is 8.69. The van der Waals surface area contributed by atoms with Crippen molar-refractivity contribution >= 4 is 5.91 Å². The van der Waals surface area contributed by atoms with Crippen LogP contribution in [0, 0.1) is 6.92 Å². The van der Waals surface area contributed by atoms with E-state index in [-0.39, 0.29) is 11.9 Å². The van der Waals surface area contributed by atoms with Crippen molar-refractivity contribution in [3.05, 3.63) is 107 Å². The van der Waals surface area contributed by atoms with Crippen molar-refractivity contribution in [3.8, 4) is 0 Å². The summed E-state index contributed by atoms with van der Waals surface area (Å²) in [4.78, 5) is 12.6. The van der Waals surface area contributed by atoms with Crippen LogP contribution in [0.25, 0.3) is 0 Å². The molecule has 0 spiro atoms. The zero-order chi connectivity index (χ0) is 17.5. The number of aryl methyl sites for hydroxylation is 2. The molecule has 0 aliphatic rings. The van der Waals surface area contributed by atoms with Crippen molar-refractivity contribution in [2.24, 2.45) is 0 Å². The third-order valence-corrected chi connectivity index (χ3v) is 4.39. The van der Waals surface area contributed by atoms with Crippen LogP contribution in [-0.2, 0) is 6.42 Å². The first kappa shape index (κ1) is 17.0. The predicted octanol–water partition coefficient (Wildman–Crippen LogP) is 5.10. The van der Waals surface area contributed by atoms with Crippen LogP contribution in [0.3, 0.4) is 0 Å². The molecule has 0 radical (unpaired) electrons. The van der Waals surface area contributed by atoms with Gasteiger partial charge in [-0.3, -0.25) is 4.79 Å². The zero-order valence-corrected chi connectivity index (χ0v) is 14.5. The van der Waals surface area contributed by atoms with E-state index < -0.39 is 0 Å². The van der Waals surface area contributed by atoms with Gasteiger partial charge in [0.15, 0.2) is 0 Å². The van der Waals surface area contributed by atoms with Gasteiger partial charge in [0.25, 0.3) is 5.91 Å². The molecule has 0 aliphatic carbocycles. The van der Waals surface area contributed by atoms with Gasteiger partial charge in [-0.15, -0.1) is 0 Å². The van der Waals surface area contributed by atoms with Crippen molar-refractivity contribution < 1.29 is 4.79 Å². The lowest BCUT2D eigenvalue weighted by Gasteiger charge is -2.19. The van der Waals surface area contributed by atoms with E-state index >= 15 is 0 Å². The van der Waals surface area contributed by atoms with Crippen LogP contribution in [0.15, 0.2) is 84.9 Å². The molecular weight excluding hydrogens is 306 g/mol. The number of hydrogen-bond donors (Lipinski definition) is 1. The molecule has 0 aromatic heterocycles. The lowest BCUT2D eigenvalue weighted by atomic mass is 9.98. The van der Waals surface area contributed by atoms with Gasteiger partial charge in [-0.2, -0.15) is 0 Å². The van der Waals surface area contributed by atoms with Crippen molar-refractivity contribution in [1.82, 2.24) is 5.32 Å². The minimum Gasteiger partial charge on any atom is -0.345 e. The van der Waals surface area contributed by atoms with Crippen molar-refractivity contribution in [2.45, 2.75) is 25.8 Å². The van der Waals surface area contributed by atoms with E-state index in [1.54, 1.807) is 0 Å². The van der Waals surface area contributed by atoms with E-state index in [0.29, 0.717) is 5.56 Å². The van der Waals surface area contributed by atoms with E-state index in [0.717, 1.165) is 18.4 Å². The molecule has 1 unspecified atom stereocenters. The van der Waals surface area contributed by atoms with Gasteiger partial charge in [0.2, 0.25) is 0 Å². The van der Waals surface area contributed by atoms with E-state index in [1.165, 1.54) is 11.1 Å². The highest BCUT2D eigenvalue weighted by atomic mass is 16.1. The second kappa shape index (κ2) is 8.29. The summed E-state index contributed by atoms with van der Waals surface area (Å²) in [6, 6.07) is 28.2. The second-order valence-electron chi connectivity index (χ2n) is 6.33. The molecule has 1 atom stereocenters. The summed E-state index contributed by atoms with van der Waals surface area (Å²) in [6.45, 7) is 2.09. The van der Waals surface area contributed by atoms with Gasteiger partial charge in [0, 0.05) is 5.56 Å². The average Bonchev–Trinajstić information content (AvgIpc) is 2.67. The normalized spacial score (nSPS) is 11.7. The van der Waals surface area contributed by atoms with Gasteiger partial charge in [-0.1, -0.05) is 78.4 Å². The maximum atomic E-state index is 12.6. The molecule has 3 rings (SSSR count). The Balaban J connectivity index is 1.73. The standard InChI is InChI=1S/C23H23NO/c1-18-12-14-19(15-13-18)16-17-22(20-8-4-2-5-9-20)24-23(25)21-10-6-3-7-11-21/h2-15,22H,16-17H2,1H3,(H,24,25). The molecule has 0 saturated heterocycles. The van der Waals surface area contributed by atoms with Crippen LogP contribution < -0.4 is 5.32 Å². The van der Waals surface area contributed by atoms with Gasteiger partial charge in [0.1, 0.15) is 0 Å². The SMILES string of the molecule is Cc1ccc(CCC(NC(=O)c2ccccc2)c2ccccc2)cc1. The number of nitrogens with one attached hydrogen (secondary N) is 1. The summed E-state index contributed by atoms with van der Waals surface area (Å²) < 4.78 is 0. The molecular formula is C23H23NO. The largest absolute Gasteiger partial charge is 0.345 e. The topological polar surface area (TPSA) is 29.1 Å². The summed E-state index contributed by atoms with van der Waals surface area (Å²) in [5.74, 6) is -0.0293. The molecule has 0 bridgehead atoms. The summed E-state index contributed by atoms with van der Waals surface area (Å²) in [5.41, 5.74) is 4.39. The first-order chi connectivity index (χ1) is 12.2. The number of carbonyl (C=O) groups is 1. The van der Waals surface area contributed by atoms with Crippen LogP contribution in [0.2, 0.25) is 0 Å². The van der Waals surface area contributed by atoms with E-state index in [2.05, 4.69) is 48.6 Å². The maximum absolute atomic E-state index is 12.6. The van der Waals surface area contributed by atoms with Crippen molar-refractivity contribution in [3.63, 3.8) is 0 Å². The minimum atomic E-state index is -0.0293. The van der Waals surface area contributed by atoms with Crippen LogP contribution in [0.5, 0.6) is 0 Å². The Bertz CT molecular complexity index is 795. The molecule has 0 aliphatic heterocycles. The molecule has 3 aromatic rings. The number of hydrogen-bond acceptors (Lipinski definition) is 1. The van der Waals surface area contributed by atoms with E-state index in [1.807, 2.05) is 48.5 Å². The monoisotopic (exact) mass is 329 g/mol.